The van der Waals surface area contributed by atoms with E-state index in [2.05, 4.69) is 26.6 Å². The number of anilines is 1. The maximum Gasteiger partial charge on any atom is 0.190 e. The predicted molar refractivity (Wildman–Crippen MR) is 126 cm³/mol. The molecule has 0 aliphatic carbocycles. The molecule has 8 heteroatoms. The number of ether oxygens (including phenoxy) is 1. The fourth-order valence-corrected chi connectivity index (χ4v) is 4.43. The van der Waals surface area contributed by atoms with E-state index in [0.29, 0.717) is 10.8 Å². The molecule has 1 saturated heterocycles. The monoisotopic (exact) mass is 444 g/mol. The quantitative estimate of drug-likeness (QED) is 0.480. The molecule has 1 aliphatic rings. The van der Waals surface area contributed by atoms with Gasteiger partial charge in [-0.05, 0) is 48.6 Å². The fraction of sp³-hybridized carbons (Fsp3) is 0.435. The van der Waals surface area contributed by atoms with Gasteiger partial charge in [-0.2, -0.15) is 0 Å². The molecule has 0 aromatic heterocycles. The lowest BCUT2D eigenvalue weighted by atomic mass is 10.1. The minimum atomic E-state index is -3.15. The third kappa shape index (κ3) is 6.37. The van der Waals surface area contributed by atoms with Gasteiger partial charge >= 0.3 is 0 Å². The van der Waals surface area contributed by atoms with E-state index in [-0.39, 0.29) is 0 Å². The van der Waals surface area contributed by atoms with Crippen molar-refractivity contribution >= 4 is 21.5 Å². The number of aliphatic imine (C=N–C) groups is 1. The van der Waals surface area contributed by atoms with Crippen molar-refractivity contribution in [3.05, 3.63) is 54.1 Å². The lowest BCUT2D eigenvalue weighted by molar-refractivity contribution is 0.414. The highest BCUT2D eigenvalue weighted by Gasteiger charge is 2.24. The van der Waals surface area contributed by atoms with Crippen molar-refractivity contribution in [2.24, 2.45) is 10.9 Å². The third-order valence-electron chi connectivity index (χ3n) is 5.55. The lowest BCUT2D eigenvalue weighted by Gasteiger charge is -2.21. The van der Waals surface area contributed by atoms with Crippen LogP contribution in [-0.2, 0) is 16.3 Å². The molecule has 2 aromatic rings. The molecule has 7 nitrogen and oxygen atoms in total. The molecule has 168 valence electrons. The van der Waals surface area contributed by atoms with Gasteiger partial charge in [0.05, 0.1) is 17.7 Å². The van der Waals surface area contributed by atoms with Crippen LogP contribution in [0.2, 0.25) is 0 Å². The number of rotatable bonds is 8. The van der Waals surface area contributed by atoms with Crippen LogP contribution in [0.5, 0.6) is 5.75 Å². The van der Waals surface area contributed by atoms with E-state index in [0.717, 1.165) is 62.0 Å². The Hall–Kier alpha value is -2.74. The highest BCUT2D eigenvalue weighted by molar-refractivity contribution is 7.90. The largest absolute Gasteiger partial charge is 0.495 e. The molecule has 1 heterocycles. The minimum absolute atomic E-state index is 0.348. The van der Waals surface area contributed by atoms with Gasteiger partial charge in [-0.1, -0.05) is 24.3 Å². The molecule has 0 spiro atoms. The molecule has 1 aliphatic heterocycles. The lowest BCUT2D eigenvalue weighted by Crippen LogP contribution is -2.41. The highest BCUT2D eigenvalue weighted by atomic mass is 32.2. The van der Waals surface area contributed by atoms with Crippen LogP contribution in [0, 0.1) is 5.92 Å². The van der Waals surface area contributed by atoms with Gasteiger partial charge in [0.1, 0.15) is 5.75 Å². The van der Waals surface area contributed by atoms with E-state index < -0.39 is 9.84 Å². The van der Waals surface area contributed by atoms with Crippen molar-refractivity contribution in [2.45, 2.75) is 17.7 Å². The molecular weight excluding hydrogens is 412 g/mol. The molecule has 3 rings (SSSR count). The van der Waals surface area contributed by atoms with Gasteiger partial charge in [-0.15, -0.1) is 0 Å². The van der Waals surface area contributed by atoms with Crippen molar-refractivity contribution in [2.75, 3.05) is 51.5 Å². The molecule has 1 unspecified atom stereocenters. The summed E-state index contributed by atoms with van der Waals surface area (Å²) in [5, 5.41) is 6.76. The van der Waals surface area contributed by atoms with Crippen LogP contribution in [0.15, 0.2) is 58.4 Å². The normalized spacial score (nSPS) is 16.9. The van der Waals surface area contributed by atoms with Gasteiger partial charge in [-0.3, -0.25) is 4.99 Å². The molecule has 2 aromatic carbocycles. The van der Waals surface area contributed by atoms with E-state index in [4.69, 9.17) is 4.74 Å². The highest BCUT2D eigenvalue weighted by Crippen LogP contribution is 2.31. The number of nitrogens with zero attached hydrogens (tertiary/aromatic N) is 2. The zero-order chi connectivity index (χ0) is 22.3. The second-order valence-corrected chi connectivity index (χ2v) is 9.83. The number of benzene rings is 2. The Bertz CT molecular complexity index is 990. The smallest absolute Gasteiger partial charge is 0.190 e. The summed E-state index contributed by atoms with van der Waals surface area (Å²) in [5.41, 5.74) is 2.23. The Kier molecular flexibility index (Phi) is 7.79. The summed E-state index contributed by atoms with van der Waals surface area (Å²) in [7, 11) is 0.328. The number of guanidine groups is 1. The molecule has 0 amide bonds. The van der Waals surface area contributed by atoms with Crippen LogP contribution in [-0.4, -0.2) is 61.0 Å². The van der Waals surface area contributed by atoms with Crippen molar-refractivity contribution in [1.82, 2.24) is 10.6 Å². The number of hydrogen-bond acceptors (Lipinski definition) is 5. The second kappa shape index (κ2) is 10.5. The molecule has 31 heavy (non-hydrogen) atoms. The van der Waals surface area contributed by atoms with Crippen LogP contribution >= 0.6 is 0 Å². The van der Waals surface area contributed by atoms with E-state index in [9.17, 15) is 8.42 Å². The van der Waals surface area contributed by atoms with Crippen LogP contribution in [0.1, 0.15) is 12.0 Å². The number of para-hydroxylation sites is 2. The Balaban J connectivity index is 1.43. The average molecular weight is 445 g/mol. The topological polar surface area (TPSA) is 83.0 Å². The van der Waals surface area contributed by atoms with Crippen molar-refractivity contribution in [1.29, 1.82) is 0 Å². The van der Waals surface area contributed by atoms with Crippen LogP contribution in [0.4, 0.5) is 5.69 Å². The summed E-state index contributed by atoms with van der Waals surface area (Å²) in [4.78, 5) is 7.04. The van der Waals surface area contributed by atoms with Crippen LogP contribution in [0.3, 0.4) is 0 Å². The summed E-state index contributed by atoms with van der Waals surface area (Å²) < 4.78 is 28.6. The number of methoxy groups -OCH3 is 1. The molecule has 1 fully saturated rings. The third-order valence-corrected chi connectivity index (χ3v) is 6.68. The van der Waals surface area contributed by atoms with Gasteiger partial charge in [-0.25, -0.2) is 8.42 Å². The fourth-order valence-electron chi connectivity index (χ4n) is 3.80. The van der Waals surface area contributed by atoms with Gasteiger partial charge < -0.3 is 20.3 Å². The van der Waals surface area contributed by atoms with E-state index in [1.807, 2.05) is 30.3 Å². The van der Waals surface area contributed by atoms with Gasteiger partial charge in [0.15, 0.2) is 15.8 Å². The first-order valence-electron chi connectivity index (χ1n) is 10.5. The molecule has 0 saturated carbocycles. The van der Waals surface area contributed by atoms with Gasteiger partial charge in [0.2, 0.25) is 0 Å². The number of sulfone groups is 1. The molecular formula is C23H32N4O3S. The molecule has 2 N–H and O–H groups in total. The predicted octanol–water partition coefficient (Wildman–Crippen LogP) is 2.33. The number of hydrogen-bond donors (Lipinski definition) is 2. The molecule has 0 radical (unpaired) electrons. The first-order chi connectivity index (χ1) is 14.9. The van der Waals surface area contributed by atoms with E-state index in [1.54, 1.807) is 26.3 Å². The zero-order valence-corrected chi connectivity index (χ0v) is 19.3. The summed E-state index contributed by atoms with van der Waals surface area (Å²) in [6.07, 6.45) is 3.13. The summed E-state index contributed by atoms with van der Waals surface area (Å²) in [6, 6.07) is 15.2. The maximum absolute atomic E-state index is 11.6. The molecule has 1 atom stereocenters. The Morgan fingerprint density at radius 1 is 1.16 bits per heavy atom. The first kappa shape index (κ1) is 22.9. The van der Waals surface area contributed by atoms with E-state index in [1.165, 1.54) is 6.26 Å². The summed E-state index contributed by atoms with van der Waals surface area (Å²) in [6.45, 7) is 3.57. The minimum Gasteiger partial charge on any atom is -0.495 e. The SMILES string of the molecule is CN=C(NCCc1ccc(S(C)(=O)=O)cc1)NCC1CCN(c2ccccc2OC)C1. The summed E-state index contributed by atoms with van der Waals surface area (Å²) >= 11 is 0. The summed E-state index contributed by atoms with van der Waals surface area (Å²) in [5.74, 6) is 2.23. The standard InChI is InChI=1S/C23H32N4O3S/c1-24-23(25-14-12-18-8-10-20(11-9-18)31(3,28)29)26-16-19-13-15-27(17-19)21-6-4-5-7-22(21)30-2/h4-11,19H,12-17H2,1-3H3,(H2,24,25,26). The van der Waals surface area contributed by atoms with Crippen molar-refractivity contribution in [3.8, 4) is 5.75 Å². The Morgan fingerprint density at radius 3 is 2.58 bits per heavy atom. The Labute approximate surface area is 185 Å². The maximum atomic E-state index is 11.6. The van der Waals surface area contributed by atoms with Crippen LogP contribution in [0.25, 0.3) is 0 Å². The molecule has 0 bridgehead atoms. The first-order valence-corrected chi connectivity index (χ1v) is 12.4. The van der Waals surface area contributed by atoms with Crippen molar-refractivity contribution < 1.29 is 13.2 Å². The van der Waals surface area contributed by atoms with Crippen LogP contribution < -0.4 is 20.3 Å². The van der Waals surface area contributed by atoms with Gasteiger partial charge in [0.25, 0.3) is 0 Å². The van der Waals surface area contributed by atoms with E-state index >= 15 is 0 Å². The zero-order valence-electron chi connectivity index (χ0n) is 18.5. The van der Waals surface area contributed by atoms with Gasteiger partial charge in [0, 0.05) is 39.5 Å². The average Bonchev–Trinajstić information content (AvgIpc) is 3.24. The van der Waals surface area contributed by atoms with Crippen molar-refractivity contribution in [3.63, 3.8) is 0 Å². The second-order valence-electron chi connectivity index (χ2n) is 7.82. The number of nitrogens with one attached hydrogen (secondary N) is 2. The Morgan fingerprint density at radius 2 is 1.90 bits per heavy atom.